The van der Waals surface area contributed by atoms with Gasteiger partial charge in [0.2, 0.25) is 0 Å². The van der Waals surface area contributed by atoms with E-state index in [9.17, 15) is 0 Å². The van der Waals surface area contributed by atoms with Crippen LogP contribution in [0.5, 0.6) is 0 Å². The van der Waals surface area contributed by atoms with E-state index in [-0.39, 0.29) is 0 Å². The van der Waals surface area contributed by atoms with E-state index in [0.717, 1.165) is 29.8 Å². The van der Waals surface area contributed by atoms with E-state index in [2.05, 4.69) is 37.9 Å². The molecule has 0 aromatic rings. The van der Waals surface area contributed by atoms with Crippen LogP contribution < -0.4 is 5.32 Å². The largest absolute Gasteiger partial charge is 0.313 e. The smallest absolute Gasteiger partial charge is 0.0198 e. The Hall–Kier alpha value is -0.0800. The average molecular weight is 266 g/mol. The number of rotatable bonds is 6. The van der Waals surface area contributed by atoms with Gasteiger partial charge in [-0.1, -0.05) is 27.2 Å². The lowest BCUT2D eigenvalue weighted by Crippen LogP contribution is -2.55. The van der Waals surface area contributed by atoms with Crippen molar-refractivity contribution in [1.29, 1.82) is 0 Å². The molecule has 2 rings (SSSR count). The van der Waals surface area contributed by atoms with Gasteiger partial charge < -0.3 is 5.32 Å². The summed E-state index contributed by atoms with van der Waals surface area (Å²) >= 11 is 0. The molecule has 1 aliphatic heterocycles. The van der Waals surface area contributed by atoms with Crippen LogP contribution in [0.3, 0.4) is 0 Å². The highest BCUT2D eigenvalue weighted by atomic mass is 15.2. The summed E-state index contributed by atoms with van der Waals surface area (Å²) in [6.45, 7) is 13.3. The molecule has 2 heteroatoms. The molecule has 2 fully saturated rings. The molecule has 2 nitrogen and oxygen atoms in total. The minimum Gasteiger partial charge on any atom is -0.313 e. The van der Waals surface area contributed by atoms with Crippen molar-refractivity contribution in [1.82, 2.24) is 10.2 Å². The Morgan fingerprint density at radius 3 is 2.37 bits per heavy atom. The lowest BCUT2D eigenvalue weighted by molar-refractivity contribution is 0.0399. The number of nitrogens with one attached hydrogen (secondary N) is 1. The quantitative estimate of drug-likeness (QED) is 0.791. The van der Waals surface area contributed by atoms with E-state index in [1.54, 1.807) is 0 Å². The third-order valence-electron chi connectivity index (χ3n) is 5.55. The second-order valence-corrected chi connectivity index (χ2v) is 7.28. The van der Waals surface area contributed by atoms with Gasteiger partial charge in [0.05, 0.1) is 0 Å². The Morgan fingerprint density at radius 1 is 1.11 bits per heavy atom. The van der Waals surface area contributed by atoms with Crippen LogP contribution in [-0.4, -0.2) is 36.6 Å². The fourth-order valence-corrected chi connectivity index (χ4v) is 3.71. The van der Waals surface area contributed by atoms with Crippen molar-refractivity contribution in [2.45, 2.75) is 71.9 Å². The molecule has 0 aromatic carbocycles. The molecule has 3 atom stereocenters. The third-order valence-corrected chi connectivity index (χ3v) is 5.55. The fourth-order valence-electron chi connectivity index (χ4n) is 3.71. The van der Waals surface area contributed by atoms with E-state index in [1.807, 2.05) is 0 Å². The Labute approximate surface area is 120 Å². The number of piperidine rings is 1. The molecule has 19 heavy (non-hydrogen) atoms. The second-order valence-electron chi connectivity index (χ2n) is 7.28. The molecule has 2 aliphatic rings. The van der Waals surface area contributed by atoms with Crippen molar-refractivity contribution in [2.24, 2.45) is 17.8 Å². The first-order valence-corrected chi connectivity index (χ1v) is 8.59. The van der Waals surface area contributed by atoms with Crippen LogP contribution in [0.25, 0.3) is 0 Å². The maximum Gasteiger partial charge on any atom is 0.0198 e. The number of nitrogens with zero attached hydrogens (tertiary/aromatic N) is 1. The normalized spacial score (nSPS) is 31.4. The van der Waals surface area contributed by atoms with Crippen molar-refractivity contribution >= 4 is 0 Å². The van der Waals surface area contributed by atoms with E-state index in [4.69, 9.17) is 0 Å². The maximum absolute atomic E-state index is 3.77. The van der Waals surface area contributed by atoms with Crippen LogP contribution in [0.1, 0.15) is 59.8 Å². The first kappa shape index (κ1) is 15.3. The van der Waals surface area contributed by atoms with Crippen molar-refractivity contribution in [3.8, 4) is 0 Å². The summed E-state index contributed by atoms with van der Waals surface area (Å²) in [6.07, 6.45) is 7.04. The van der Waals surface area contributed by atoms with Gasteiger partial charge in [-0.2, -0.15) is 0 Å². The molecule has 112 valence electrons. The van der Waals surface area contributed by atoms with Gasteiger partial charge in [-0.25, -0.2) is 0 Å². The molecule has 0 radical (unpaired) electrons. The van der Waals surface area contributed by atoms with Gasteiger partial charge in [0.15, 0.2) is 0 Å². The molecule has 1 saturated carbocycles. The van der Waals surface area contributed by atoms with Crippen LogP contribution in [-0.2, 0) is 0 Å². The van der Waals surface area contributed by atoms with Crippen LogP contribution >= 0.6 is 0 Å². The molecule has 1 heterocycles. The Kier molecular flexibility index (Phi) is 5.70. The van der Waals surface area contributed by atoms with Crippen LogP contribution in [0, 0.1) is 17.8 Å². The summed E-state index contributed by atoms with van der Waals surface area (Å²) in [7, 11) is 0. The number of hydrogen-bond acceptors (Lipinski definition) is 2. The molecule has 1 saturated heterocycles. The summed E-state index contributed by atoms with van der Waals surface area (Å²) < 4.78 is 0. The van der Waals surface area contributed by atoms with Gasteiger partial charge in [-0.3, -0.25) is 4.90 Å². The van der Waals surface area contributed by atoms with Crippen LogP contribution in [0.4, 0.5) is 0 Å². The monoisotopic (exact) mass is 266 g/mol. The van der Waals surface area contributed by atoms with Crippen molar-refractivity contribution < 1.29 is 0 Å². The van der Waals surface area contributed by atoms with E-state index in [1.165, 1.54) is 51.7 Å². The summed E-state index contributed by atoms with van der Waals surface area (Å²) in [5.74, 6) is 2.69. The number of likely N-dealkylation sites (tertiary alicyclic amines) is 1. The van der Waals surface area contributed by atoms with Crippen LogP contribution in [0.15, 0.2) is 0 Å². The molecule has 1 aliphatic carbocycles. The summed E-state index contributed by atoms with van der Waals surface area (Å²) in [5.41, 5.74) is 0. The zero-order chi connectivity index (χ0) is 13.8. The Morgan fingerprint density at radius 2 is 1.84 bits per heavy atom. The topological polar surface area (TPSA) is 15.3 Å². The fraction of sp³-hybridized carbons (Fsp3) is 1.00. The highest BCUT2D eigenvalue weighted by molar-refractivity contribution is 4.90. The van der Waals surface area contributed by atoms with Crippen molar-refractivity contribution in [3.05, 3.63) is 0 Å². The van der Waals surface area contributed by atoms with E-state index < -0.39 is 0 Å². The Bertz CT molecular complexity index is 260. The van der Waals surface area contributed by atoms with Crippen molar-refractivity contribution in [2.75, 3.05) is 19.6 Å². The second kappa shape index (κ2) is 7.08. The summed E-state index contributed by atoms with van der Waals surface area (Å²) in [6, 6.07) is 1.53. The van der Waals surface area contributed by atoms with Gasteiger partial charge >= 0.3 is 0 Å². The molecule has 3 unspecified atom stereocenters. The predicted molar refractivity (Wildman–Crippen MR) is 83.4 cm³/mol. The van der Waals surface area contributed by atoms with E-state index >= 15 is 0 Å². The minimum absolute atomic E-state index is 0.726. The zero-order valence-electron chi connectivity index (χ0n) is 13.5. The zero-order valence-corrected chi connectivity index (χ0v) is 13.5. The number of hydrogen-bond donors (Lipinski definition) is 1. The summed E-state index contributed by atoms with van der Waals surface area (Å²) in [5, 5.41) is 3.77. The third kappa shape index (κ3) is 3.95. The standard InChI is InChI=1S/C17H34N2/c1-5-9-18-17-10-16(13(2)3)11-19(12-17)14(4)15-7-6-8-15/h13-18H,5-12H2,1-4H3. The lowest BCUT2D eigenvalue weighted by Gasteiger charge is -2.46. The van der Waals surface area contributed by atoms with Gasteiger partial charge in [0.1, 0.15) is 0 Å². The molecular weight excluding hydrogens is 232 g/mol. The molecular formula is C17H34N2. The average Bonchev–Trinajstić information content (AvgIpc) is 2.33. The minimum atomic E-state index is 0.726. The molecule has 0 amide bonds. The molecule has 1 N–H and O–H groups in total. The first-order valence-electron chi connectivity index (χ1n) is 8.59. The Balaban J connectivity index is 1.92. The lowest BCUT2D eigenvalue weighted by atomic mass is 9.77. The van der Waals surface area contributed by atoms with Gasteiger partial charge in [0.25, 0.3) is 0 Å². The predicted octanol–water partition coefficient (Wildman–Crippen LogP) is 3.52. The highest BCUT2D eigenvalue weighted by Gasteiger charge is 2.35. The van der Waals surface area contributed by atoms with Gasteiger partial charge in [-0.05, 0) is 56.9 Å². The van der Waals surface area contributed by atoms with Gasteiger partial charge in [-0.15, -0.1) is 0 Å². The molecule has 0 aromatic heterocycles. The highest BCUT2D eigenvalue weighted by Crippen LogP contribution is 2.34. The first-order chi connectivity index (χ1) is 9.11. The molecule has 0 spiro atoms. The SMILES string of the molecule is CCCNC1CC(C(C)C)CN(C(C)C2CCC2)C1. The summed E-state index contributed by atoms with van der Waals surface area (Å²) in [4.78, 5) is 2.80. The van der Waals surface area contributed by atoms with Crippen molar-refractivity contribution in [3.63, 3.8) is 0 Å². The van der Waals surface area contributed by atoms with Crippen LogP contribution in [0.2, 0.25) is 0 Å². The van der Waals surface area contributed by atoms with Gasteiger partial charge in [0, 0.05) is 25.2 Å². The molecule has 0 bridgehead atoms. The van der Waals surface area contributed by atoms with E-state index in [0.29, 0.717) is 0 Å². The maximum atomic E-state index is 3.77.